The van der Waals surface area contributed by atoms with Crippen LogP contribution < -0.4 is 11.1 Å². The summed E-state index contributed by atoms with van der Waals surface area (Å²) >= 11 is 0. The number of carbonyl (C=O) groups is 1. The Kier molecular flexibility index (Phi) is 3.62. The molecular weight excluding hydrogens is 188 g/mol. The summed E-state index contributed by atoms with van der Waals surface area (Å²) in [7, 11) is 0. The molecule has 2 fully saturated rings. The summed E-state index contributed by atoms with van der Waals surface area (Å²) in [6.45, 7) is 0.798. The lowest BCUT2D eigenvalue weighted by Gasteiger charge is -2.25. The summed E-state index contributed by atoms with van der Waals surface area (Å²) < 4.78 is 0. The molecule has 0 radical (unpaired) electrons. The molecule has 0 saturated heterocycles. The van der Waals surface area contributed by atoms with Crippen molar-refractivity contribution in [1.29, 1.82) is 0 Å². The van der Waals surface area contributed by atoms with Gasteiger partial charge >= 0.3 is 0 Å². The van der Waals surface area contributed by atoms with Crippen molar-refractivity contribution in [2.75, 3.05) is 6.54 Å². The molecule has 0 bridgehead atoms. The second kappa shape index (κ2) is 4.97. The lowest BCUT2D eigenvalue weighted by molar-refractivity contribution is -0.122. The quantitative estimate of drug-likeness (QED) is 0.737. The van der Waals surface area contributed by atoms with Gasteiger partial charge in [0.1, 0.15) is 0 Å². The van der Waals surface area contributed by atoms with Crippen LogP contribution >= 0.6 is 0 Å². The third-order valence-corrected chi connectivity index (χ3v) is 3.98. The van der Waals surface area contributed by atoms with Crippen molar-refractivity contribution in [1.82, 2.24) is 5.32 Å². The van der Waals surface area contributed by atoms with Crippen molar-refractivity contribution >= 4 is 5.91 Å². The van der Waals surface area contributed by atoms with Gasteiger partial charge in [0, 0.05) is 19.0 Å². The van der Waals surface area contributed by atoms with E-state index in [-0.39, 0.29) is 5.91 Å². The van der Waals surface area contributed by atoms with Gasteiger partial charge in [0.15, 0.2) is 0 Å². The Hall–Kier alpha value is -0.570. The fourth-order valence-electron chi connectivity index (χ4n) is 2.60. The normalized spacial score (nSPS) is 31.3. The van der Waals surface area contributed by atoms with Crippen molar-refractivity contribution < 1.29 is 4.79 Å². The lowest BCUT2D eigenvalue weighted by Crippen LogP contribution is -2.37. The fraction of sp³-hybridized carbons (Fsp3) is 0.917. The maximum Gasteiger partial charge on any atom is 0.220 e. The Bertz CT molecular complexity index is 226. The van der Waals surface area contributed by atoms with Gasteiger partial charge in [0.05, 0.1) is 0 Å². The zero-order valence-electron chi connectivity index (χ0n) is 9.37. The first-order valence-electron chi connectivity index (χ1n) is 6.28. The second-order valence-electron chi connectivity index (χ2n) is 5.16. The Morgan fingerprint density at radius 3 is 2.47 bits per heavy atom. The molecule has 2 unspecified atom stereocenters. The first kappa shape index (κ1) is 10.9. The van der Waals surface area contributed by atoms with Crippen molar-refractivity contribution in [3.8, 4) is 0 Å². The van der Waals surface area contributed by atoms with E-state index in [1.54, 1.807) is 0 Å². The van der Waals surface area contributed by atoms with Crippen LogP contribution in [0, 0.1) is 11.8 Å². The number of hydrogen-bond acceptors (Lipinski definition) is 2. The Morgan fingerprint density at radius 2 is 1.93 bits per heavy atom. The average molecular weight is 210 g/mol. The summed E-state index contributed by atoms with van der Waals surface area (Å²) in [4.78, 5) is 11.6. The van der Waals surface area contributed by atoms with Crippen LogP contribution in [-0.4, -0.2) is 18.5 Å². The van der Waals surface area contributed by atoms with Gasteiger partial charge in [-0.15, -0.1) is 0 Å². The van der Waals surface area contributed by atoms with E-state index in [4.69, 9.17) is 5.73 Å². The van der Waals surface area contributed by atoms with E-state index in [1.165, 1.54) is 32.1 Å². The third kappa shape index (κ3) is 2.94. The third-order valence-electron chi connectivity index (χ3n) is 3.98. The Labute approximate surface area is 91.8 Å². The summed E-state index contributed by atoms with van der Waals surface area (Å²) in [5, 5.41) is 3.04. The number of amides is 1. The highest BCUT2D eigenvalue weighted by Crippen LogP contribution is 2.29. The zero-order chi connectivity index (χ0) is 10.7. The Morgan fingerprint density at radius 1 is 1.20 bits per heavy atom. The van der Waals surface area contributed by atoms with Gasteiger partial charge in [-0.1, -0.05) is 12.8 Å². The number of nitrogens with one attached hydrogen (secondary N) is 1. The molecule has 2 saturated carbocycles. The van der Waals surface area contributed by atoms with Gasteiger partial charge in [-0.3, -0.25) is 4.79 Å². The minimum absolute atomic E-state index is 0.235. The van der Waals surface area contributed by atoms with Crippen LogP contribution in [0.2, 0.25) is 0 Å². The van der Waals surface area contributed by atoms with Crippen LogP contribution in [0.5, 0.6) is 0 Å². The monoisotopic (exact) mass is 210 g/mol. The number of rotatable bonds is 4. The van der Waals surface area contributed by atoms with Gasteiger partial charge < -0.3 is 11.1 Å². The molecule has 0 aromatic rings. The molecule has 0 heterocycles. The predicted octanol–water partition coefficient (Wildman–Crippen LogP) is 1.42. The summed E-state index contributed by atoms with van der Waals surface area (Å²) in [6.07, 6.45) is 8.08. The molecule has 1 amide bonds. The first-order valence-corrected chi connectivity index (χ1v) is 6.28. The van der Waals surface area contributed by atoms with Crippen LogP contribution in [0.3, 0.4) is 0 Å². The molecule has 86 valence electrons. The highest BCUT2D eigenvalue weighted by molar-refractivity contribution is 5.76. The number of nitrogens with two attached hydrogens (primary N) is 1. The van der Waals surface area contributed by atoms with E-state index in [0.29, 0.717) is 17.9 Å². The summed E-state index contributed by atoms with van der Waals surface area (Å²) in [5.41, 5.74) is 5.95. The maximum atomic E-state index is 11.6. The average Bonchev–Trinajstić information content (AvgIpc) is 2.55. The van der Waals surface area contributed by atoms with Crippen LogP contribution in [-0.2, 0) is 4.79 Å². The highest BCUT2D eigenvalue weighted by atomic mass is 16.1. The molecule has 2 atom stereocenters. The molecule has 3 N–H and O–H groups in total. The summed E-state index contributed by atoms with van der Waals surface area (Å²) in [5.74, 6) is 1.43. The van der Waals surface area contributed by atoms with Crippen LogP contribution in [0.25, 0.3) is 0 Å². The first-order chi connectivity index (χ1) is 7.25. The number of hydrogen-bond donors (Lipinski definition) is 2. The topological polar surface area (TPSA) is 55.1 Å². The van der Waals surface area contributed by atoms with Crippen molar-refractivity contribution in [3.63, 3.8) is 0 Å². The van der Waals surface area contributed by atoms with Gasteiger partial charge in [0.2, 0.25) is 5.91 Å². The van der Waals surface area contributed by atoms with E-state index in [2.05, 4.69) is 5.32 Å². The lowest BCUT2D eigenvalue weighted by atomic mass is 9.83. The maximum absolute atomic E-state index is 11.6. The molecule has 2 aliphatic carbocycles. The smallest absolute Gasteiger partial charge is 0.220 e. The van der Waals surface area contributed by atoms with Gasteiger partial charge in [-0.05, 0) is 37.5 Å². The van der Waals surface area contributed by atoms with Gasteiger partial charge in [-0.25, -0.2) is 0 Å². The highest BCUT2D eigenvalue weighted by Gasteiger charge is 2.25. The fourth-order valence-corrected chi connectivity index (χ4v) is 2.60. The largest absolute Gasteiger partial charge is 0.356 e. The van der Waals surface area contributed by atoms with Gasteiger partial charge in [0.25, 0.3) is 0 Å². The molecule has 3 nitrogen and oxygen atoms in total. The van der Waals surface area contributed by atoms with E-state index in [0.717, 1.165) is 19.4 Å². The Balaban J connectivity index is 1.61. The predicted molar refractivity (Wildman–Crippen MR) is 60.3 cm³/mol. The van der Waals surface area contributed by atoms with Crippen LogP contribution in [0.15, 0.2) is 0 Å². The van der Waals surface area contributed by atoms with E-state index in [9.17, 15) is 4.79 Å². The zero-order valence-corrected chi connectivity index (χ0v) is 9.37. The molecular formula is C12H22N2O. The van der Waals surface area contributed by atoms with Crippen molar-refractivity contribution in [2.24, 2.45) is 17.6 Å². The van der Waals surface area contributed by atoms with E-state index in [1.807, 2.05) is 0 Å². The molecule has 2 aliphatic rings. The van der Waals surface area contributed by atoms with Crippen LogP contribution in [0.1, 0.15) is 44.9 Å². The number of carbonyl (C=O) groups excluding carboxylic acids is 1. The molecule has 3 heteroatoms. The molecule has 0 aromatic heterocycles. The molecule has 0 spiro atoms. The molecule has 15 heavy (non-hydrogen) atoms. The SMILES string of the molecule is NC1CCCC1CNC(=O)CC1CCC1. The van der Waals surface area contributed by atoms with E-state index < -0.39 is 0 Å². The minimum atomic E-state index is 0.235. The molecule has 2 rings (SSSR count). The van der Waals surface area contributed by atoms with Crippen LogP contribution in [0.4, 0.5) is 0 Å². The molecule has 0 aromatic carbocycles. The molecule has 0 aliphatic heterocycles. The minimum Gasteiger partial charge on any atom is -0.356 e. The standard InChI is InChI=1S/C12H22N2O/c13-11-6-2-5-10(11)8-14-12(15)7-9-3-1-4-9/h9-11H,1-8,13H2,(H,14,15). The van der Waals surface area contributed by atoms with Crippen molar-refractivity contribution in [2.45, 2.75) is 51.0 Å². The van der Waals surface area contributed by atoms with Crippen molar-refractivity contribution in [3.05, 3.63) is 0 Å². The van der Waals surface area contributed by atoms with Gasteiger partial charge in [-0.2, -0.15) is 0 Å². The van der Waals surface area contributed by atoms with E-state index >= 15 is 0 Å². The second-order valence-corrected chi connectivity index (χ2v) is 5.16. The summed E-state index contributed by atoms with van der Waals surface area (Å²) in [6, 6.07) is 0.314.